The first-order valence-electron chi connectivity index (χ1n) is 5.92. The first-order chi connectivity index (χ1) is 9.17. The second-order valence-electron chi connectivity index (χ2n) is 4.13. The molecule has 0 fully saturated rings. The summed E-state index contributed by atoms with van der Waals surface area (Å²) in [5.74, 6) is 0.495. The highest BCUT2D eigenvalue weighted by molar-refractivity contribution is 9.10. The molecule has 0 saturated carbocycles. The molecule has 1 unspecified atom stereocenters. The van der Waals surface area contributed by atoms with Gasteiger partial charge in [-0.3, -0.25) is 0 Å². The Bertz CT molecular complexity index is 574. The Morgan fingerprint density at radius 3 is 2.58 bits per heavy atom. The maximum Gasteiger partial charge on any atom is 0.128 e. The van der Waals surface area contributed by atoms with Gasteiger partial charge in [0.2, 0.25) is 0 Å². The quantitative estimate of drug-likeness (QED) is 0.921. The molecule has 2 aromatic carbocycles. The van der Waals surface area contributed by atoms with Gasteiger partial charge in [0.05, 0.1) is 13.2 Å². The largest absolute Gasteiger partial charge is 0.496 e. The zero-order chi connectivity index (χ0) is 13.8. The summed E-state index contributed by atoms with van der Waals surface area (Å²) >= 11 is 3.38. The molecule has 2 rings (SSSR count). The van der Waals surface area contributed by atoms with Crippen LogP contribution in [0.4, 0.5) is 4.39 Å². The smallest absolute Gasteiger partial charge is 0.128 e. The van der Waals surface area contributed by atoms with Crippen LogP contribution in [0, 0.1) is 5.82 Å². The molecule has 0 heterocycles. The third kappa shape index (κ3) is 2.96. The summed E-state index contributed by atoms with van der Waals surface area (Å²) in [5, 5.41) is 3.14. The van der Waals surface area contributed by atoms with Gasteiger partial charge in [-0.2, -0.15) is 0 Å². The number of ether oxygens (including phenoxy) is 1. The molecule has 0 bridgehead atoms. The Morgan fingerprint density at radius 2 is 1.89 bits per heavy atom. The molecule has 2 aromatic rings. The Balaban J connectivity index is 2.53. The lowest BCUT2D eigenvalue weighted by atomic mass is 9.97. The highest BCUT2D eigenvalue weighted by Crippen LogP contribution is 2.32. The summed E-state index contributed by atoms with van der Waals surface area (Å²) in [7, 11) is 3.42. The van der Waals surface area contributed by atoms with Crippen LogP contribution in [0.2, 0.25) is 0 Å². The van der Waals surface area contributed by atoms with Crippen molar-refractivity contribution in [2.45, 2.75) is 6.04 Å². The van der Waals surface area contributed by atoms with Crippen molar-refractivity contribution in [3.8, 4) is 5.75 Å². The summed E-state index contributed by atoms with van der Waals surface area (Å²) in [6, 6.07) is 12.3. The molecule has 0 radical (unpaired) electrons. The van der Waals surface area contributed by atoms with Gasteiger partial charge in [-0.25, -0.2) is 4.39 Å². The Kier molecular flexibility index (Phi) is 4.56. The fourth-order valence-corrected chi connectivity index (χ4v) is 2.50. The van der Waals surface area contributed by atoms with Crippen LogP contribution in [0.3, 0.4) is 0 Å². The fourth-order valence-electron chi connectivity index (χ4n) is 2.12. The van der Waals surface area contributed by atoms with Crippen LogP contribution < -0.4 is 10.1 Å². The van der Waals surface area contributed by atoms with Gasteiger partial charge < -0.3 is 10.1 Å². The third-order valence-electron chi connectivity index (χ3n) is 3.01. The van der Waals surface area contributed by atoms with E-state index in [2.05, 4.69) is 21.2 Å². The van der Waals surface area contributed by atoms with Crippen LogP contribution in [-0.2, 0) is 0 Å². The number of hydrogen-bond donors (Lipinski definition) is 1. The highest BCUT2D eigenvalue weighted by atomic mass is 79.9. The number of halogens is 2. The number of methoxy groups -OCH3 is 1. The van der Waals surface area contributed by atoms with Crippen LogP contribution in [0.5, 0.6) is 5.75 Å². The standard InChI is InChI=1S/C15H15BrFNO/c1-18-15(11-5-3-4-6-14(11)19-2)12-9-10(16)7-8-13(12)17/h3-9,15,18H,1-2H3. The van der Waals surface area contributed by atoms with E-state index in [0.29, 0.717) is 5.56 Å². The second-order valence-corrected chi connectivity index (χ2v) is 5.05. The van der Waals surface area contributed by atoms with E-state index in [0.717, 1.165) is 15.8 Å². The first-order valence-corrected chi connectivity index (χ1v) is 6.71. The molecule has 1 atom stereocenters. The van der Waals surface area contributed by atoms with E-state index in [9.17, 15) is 4.39 Å². The van der Waals surface area contributed by atoms with Crippen LogP contribution >= 0.6 is 15.9 Å². The maximum atomic E-state index is 14.0. The average Bonchev–Trinajstić information content (AvgIpc) is 2.44. The monoisotopic (exact) mass is 323 g/mol. The van der Waals surface area contributed by atoms with Gasteiger partial charge in [0.1, 0.15) is 11.6 Å². The second kappa shape index (κ2) is 6.17. The predicted octanol–water partition coefficient (Wildman–Crippen LogP) is 3.91. The first kappa shape index (κ1) is 14.0. The zero-order valence-electron chi connectivity index (χ0n) is 10.8. The molecule has 0 aromatic heterocycles. The van der Waals surface area contributed by atoms with Crippen LogP contribution in [0.15, 0.2) is 46.9 Å². The Hall–Kier alpha value is -1.39. The minimum Gasteiger partial charge on any atom is -0.496 e. The van der Waals surface area contributed by atoms with E-state index in [-0.39, 0.29) is 11.9 Å². The molecule has 0 aliphatic rings. The number of hydrogen-bond acceptors (Lipinski definition) is 2. The molecule has 0 amide bonds. The topological polar surface area (TPSA) is 21.3 Å². The van der Waals surface area contributed by atoms with Crippen LogP contribution in [0.25, 0.3) is 0 Å². The van der Waals surface area contributed by atoms with Gasteiger partial charge in [0.15, 0.2) is 0 Å². The molecule has 4 heteroatoms. The number of benzene rings is 2. The minimum atomic E-state index is -0.256. The molecular weight excluding hydrogens is 309 g/mol. The number of nitrogens with one attached hydrogen (secondary N) is 1. The lowest BCUT2D eigenvalue weighted by molar-refractivity contribution is 0.404. The normalized spacial score (nSPS) is 12.2. The maximum absolute atomic E-state index is 14.0. The van der Waals surface area contributed by atoms with Crippen molar-refractivity contribution >= 4 is 15.9 Å². The van der Waals surface area contributed by atoms with Crippen molar-refractivity contribution in [1.82, 2.24) is 5.32 Å². The van der Waals surface area contributed by atoms with E-state index >= 15 is 0 Å². The summed E-state index contributed by atoms with van der Waals surface area (Å²) in [5.41, 5.74) is 1.49. The summed E-state index contributed by atoms with van der Waals surface area (Å²) < 4.78 is 20.2. The molecule has 0 aliphatic carbocycles. The summed E-state index contributed by atoms with van der Waals surface area (Å²) in [6.45, 7) is 0. The molecule has 1 N–H and O–H groups in total. The van der Waals surface area contributed by atoms with E-state index in [1.165, 1.54) is 6.07 Å². The van der Waals surface area contributed by atoms with Crippen molar-refractivity contribution in [2.75, 3.05) is 14.2 Å². The third-order valence-corrected chi connectivity index (χ3v) is 3.50. The number of rotatable bonds is 4. The van der Waals surface area contributed by atoms with Gasteiger partial charge in [-0.15, -0.1) is 0 Å². The van der Waals surface area contributed by atoms with E-state index in [1.54, 1.807) is 26.3 Å². The van der Waals surface area contributed by atoms with Crippen molar-refractivity contribution in [3.05, 3.63) is 63.9 Å². The molecule has 2 nitrogen and oxygen atoms in total. The van der Waals surface area contributed by atoms with Crippen LogP contribution in [-0.4, -0.2) is 14.2 Å². The molecular formula is C15H15BrFNO. The molecule has 19 heavy (non-hydrogen) atoms. The van der Waals surface area contributed by atoms with Crippen molar-refractivity contribution in [2.24, 2.45) is 0 Å². The molecule has 0 saturated heterocycles. The number of para-hydroxylation sites is 1. The van der Waals surface area contributed by atoms with E-state index in [4.69, 9.17) is 4.74 Å². The van der Waals surface area contributed by atoms with Crippen LogP contribution in [0.1, 0.15) is 17.2 Å². The van der Waals surface area contributed by atoms with Gasteiger partial charge in [-0.05, 0) is 31.3 Å². The predicted molar refractivity (Wildman–Crippen MR) is 78.0 cm³/mol. The lowest BCUT2D eigenvalue weighted by Crippen LogP contribution is -2.19. The molecule has 100 valence electrons. The Labute approximate surface area is 120 Å². The summed E-state index contributed by atoms with van der Waals surface area (Å²) in [6.07, 6.45) is 0. The average molecular weight is 324 g/mol. The van der Waals surface area contributed by atoms with Gasteiger partial charge >= 0.3 is 0 Å². The fraction of sp³-hybridized carbons (Fsp3) is 0.200. The molecule has 0 spiro atoms. The van der Waals surface area contributed by atoms with Crippen molar-refractivity contribution in [1.29, 1.82) is 0 Å². The van der Waals surface area contributed by atoms with E-state index in [1.807, 2.05) is 24.3 Å². The summed E-state index contributed by atoms with van der Waals surface area (Å²) in [4.78, 5) is 0. The highest BCUT2D eigenvalue weighted by Gasteiger charge is 2.19. The Morgan fingerprint density at radius 1 is 1.16 bits per heavy atom. The van der Waals surface area contributed by atoms with Crippen molar-refractivity contribution in [3.63, 3.8) is 0 Å². The zero-order valence-corrected chi connectivity index (χ0v) is 12.4. The SMILES string of the molecule is CNC(c1cc(Br)ccc1F)c1ccccc1OC. The van der Waals surface area contributed by atoms with Gasteiger partial charge in [-0.1, -0.05) is 34.1 Å². The van der Waals surface area contributed by atoms with E-state index < -0.39 is 0 Å². The minimum absolute atomic E-state index is 0.242. The van der Waals surface area contributed by atoms with Gasteiger partial charge in [0.25, 0.3) is 0 Å². The van der Waals surface area contributed by atoms with Gasteiger partial charge in [0, 0.05) is 15.6 Å². The molecule has 0 aliphatic heterocycles. The van der Waals surface area contributed by atoms with Crippen molar-refractivity contribution < 1.29 is 9.13 Å². The lowest BCUT2D eigenvalue weighted by Gasteiger charge is -2.20.